The Kier molecular flexibility index (Phi) is 3.42. The van der Waals surface area contributed by atoms with Gasteiger partial charge in [-0.15, -0.1) is 0 Å². The van der Waals surface area contributed by atoms with Crippen molar-refractivity contribution in [3.8, 4) is 0 Å². The number of aliphatic hydroxyl groups is 2. The summed E-state index contributed by atoms with van der Waals surface area (Å²) in [5.74, 6) is 0.147. The number of hydrogen-bond donors (Lipinski definition) is 2. The van der Waals surface area contributed by atoms with Gasteiger partial charge in [0.2, 0.25) is 0 Å². The summed E-state index contributed by atoms with van der Waals surface area (Å²) >= 11 is 0. The molecular weight excluding hydrogens is 92.1 g/mol. The maximum atomic E-state index is 8.38. The second-order valence-electron chi connectivity index (χ2n) is 1.39. The van der Waals surface area contributed by atoms with E-state index in [-0.39, 0.29) is 12.4 Å². The Bertz CT molecular complexity index is 59.1. The van der Waals surface area contributed by atoms with E-state index in [0.717, 1.165) is 0 Å². The highest BCUT2D eigenvalue weighted by Gasteiger charge is 1.84. The summed E-state index contributed by atoms with van der Waals surface area (Å²) in [7, 11) is 0. The molecule has 0 heterocycles. The van der Waals surface area contributed by atoms with E-state index in [1.165, 1.54) is 0 Å². The van der Waals surface area contributed by atoms with Crippen molar-refractivity contribution < 1.29 is 10.2 Å². The molecule has 0 saturated carbocycles. The quantitative estimate of drug-likeness (QED) is 0.518. The van der Waals surface area contributed by atoms with Gasteiger partial charge in [-0.2, -0.15) is 0 Å². The first-order valence-corrected chi connectivity index (χ1v) is 2.25. The van der Waals surface area contributed by atoms with E-state index < -0.39 is 0 Å². The van der Waals surface area contributed by atoms with Crippen LogP contribution in [0.5, 0.6) is 0 Å². The molecule has 0 aromatic rings. The van der Waals surface area contributed by atoms with Gasteiger partial charge in [-0.3, -0.25) is 0 Å². The Hall–Kier alpha value is -0.500. The standard InChI is InChI=1S/C5H10O2/c1-5(7)3-2-4-6/h6-7H,1-4H2. The van der Waals surface area contributed by atoms with Crippen molar-refractivity contribution in [2.24, 2.45) is 0 Å². The maximum Gasteiger partial charge on any atom is 0.0851 e. The third-order valence-corrected chi connectivity index (χ3v) is 0.623. The maximum absolute atomic E-state index is 8.38. The first-order valence-electron chi connectivity index (χ1n) is 2.25. The van der Waals surface area contributed by atoms with E-state index in [4.69, 9.17) is 10.2 Å². The topological polar surface area (TPSA) is 40.5 Å². The zero-order chi connectivity index (χ0) is 5.70. The minimum absolute atomic E-state index is 0.125. The van der Waals surface area contributed by atoms with Crippen LogP contribution in [0.1, 0.15) is 12.8 Å². The van der Waals surface area contributed by atoms with E-state index in [0.29, 0.717) is 12.8 Å². The van der Waals surface area contributed by atoms with Crippen molar-refractivity contribution in [3.63, 3.8) is 0 Å². The second kappa shape index (κ2) is 3.68. The zero-order valence-corrected chi connectivity index (χ0v) is 4.22. The molecule has 0 fully saturated rings. The summed E-state index contributed by atoms with van der Waals surface area (Å²) in [6, 6.07) is 0. The van der Waals surface area contributed by atoms with Crippen LogP contribution in [0.4, 0.5) is 0 Å². The van der Waals surface area contributed by atoms with Crippen molar-refractivity contribution in [3.05, 3.63) is 12.3 Å². The predicted molar refractivity (Wildman–Crippen MR) is 28.1 cm³/mol. The van der Waals surface area contributed by atoms with Gasteiger partial charge in [0.25, 0.3) is 0 Å². The zero-order valence-electron chi connectivity index (χ0n) is 4.22. The van der Waals surface area contributed by atoms with Crippen molar-refractivity contribution in [2.45, 2.75) is 12.8 Å². The van der Waals surface area contributed by atoms with Gasteiger partial charge in [-0.05, 0) is 6.42 Å². The molecule has 0 unspecified atom stereocenters. The third kappa shape index (κ3) is 5.50. The van der Waals surface area contributed by atoms with E-state index in [1.807, 2.05) is 0 Å². The van der Waals surface area contributed by atoms with Crippen LogP contribution in [0, 0.1) is 0 Å². The van der Waals surface area contributed by atoms with Crippen LogP contribution in [-0.2, 0) is 0 Å². The fourth-order valence-electron chi connectivity index (χ4n) is 0.283. The predicted octanol–water partition coefficient (Wildman–Crippen LogP) is 0.831. The summed E-state index contributed by atoms with van der Waals surface area (Å²) in [4.78, 5) is 0. The molecule has 0 amide bonds. The average molecular weight is 102 g/mol. The largest absolute Gasteiger partial charge is 0.513 e. The van der Waals surface area contributed by atoms with Crippen molar-refractivity contribution in [2.75, 3.05) is 6.61 Å². The molecule has 0 bridgehead atoms. The molecule has 2 nitrogen and oxygen atoms in total. The lowest BCUT2D eigenvalue weighted by Crippen LogP contribution is -1.83. The number of hydrogen-bond acceptors (Lipinski definition) is 2. The third-order valence-electron chi connectivity index (χ3n) is 0.623. The molecule has 0 rings (SSSR count). The lowest BCUT2D eigenvalue weighted by molar-refractivity contribution is 0.276. The number of rotatable bonds is 3. The Morgan fingerprint density at radius 1 is 1.57 bits per heavy atom. The van der Waals surface area contributed by atoms with Crippen LogP contribution >= 0.6 is 0 Å². The summed E-state index contributed by atoms with van der Waals surface area (Å²) < 4.78 is 0. The number of allylic oxidation sites excluding steroid dienone is 1. The highest BCUT2D eigenvalue weighted by Crippen LogP contribution is 1.94. The molecular formula is C5H10O2. The molecule has 0 aromatic carbocycles. The van der Waals surface area contributed by atoms with Crippen molar-refractivity contribution in [1.82, 2.24) is 0 Å². The molecule has 42 valence electrons. The lowest BCUT2D eigenvalue weighted by Gasteiger charge is -1.90. The van der Waals surface area contributed by atoms with E-state index in [1.54, 1.807) is 0 Å². The normalized spacial score (nSPS) is 8.71. The highest BCUT2D eigenvalue weighted by atomic mass is 16.3. The van der Waals surface area contributed by atoms with E-state index in [9.17, 15) is 0 Å². The van der Waals surface area contributed by atoms with Crippen LogP contribution in [0.25, 0.3) is 0 Å². The summed E-state index contributed by atoms with van der Waals surface area (Å²) in [6.07, 6.45) is 1.12. The molecule has 0 aliphatic rings. The van der Waals surface area contributed by atoms with Crippen LogP contribution in [0.15, 0.2) is 12.3 Å². The Morgan fingerprint density at radius 2 is 2.14 bits per heavy atom. The molecule has 0 saturated heterocycles. The molecule has 0 radical (unpaired) electrons. The van der Waals surface area contributed by atoms with Gasteiger partial charge in [-0.25, -0.2) is 0 Å². The van der Waals surface area contributed by atoms with Crippen molar-refractivity contribution in [1.29, 1.82) is 0 Å². The second-order valence-corrected chi connectivity index (χ2v) is 1.39. The van der Waals surface area contributed by atoms with Crippen LogP contribution in [0.2, 0.25) is 0 Å². The van der Waals surface area contributed by atoms with Gasteiger partial charge in [-0.1, -0.05) is 6.58 Å². The lowest BCUT2D eigenvalue weighted by atomic mass is 10.3. The van der Waals surface area contributed by atoms with Gasteiger partial charge in [0, 0.05) is 13.0 Å². The van der Waals surface area contributed by atoms with Gasteiger partial charge >= 0.3 is 0 Å². The SMILES string of the molecule is C=C(O)CCCO. The van der Waals surface area contributed by atoms with Crippen LogP contribution in [-0.4, -0.2) is 16.8 Å². The minimum atomic E-state index is 0.125. The molecule has 0 spiro atoms. The molecule has 0 aliphatic heterocycles. The highest BCUT2D eigenvalue weighted by molar-refractivity contribution is 4.77. The Labute approximate surface area is 43.1 Å². The fourth-order valence-corrected chi connectivity index (χ4v) is 0.283. The molecule has 0 aliphatic carbocycles. The van der Waals surface area contributed by atoms with Crippen LogP contribution < -0.4 is 0 Å². The van der Waals surface area contributed by atoms with E-state index in [2.05, 4.69) is 6.58 Å². The smallest absolute Gasteiger partial charge is 0.0851 e. The number of aliphatic hydroxyl groups excluding tert-OH is 2. The first kappa shape index (κ1) is 6.50. The van der Waals surface area contributed by atoms with Gasteiger partial charge in [0.1, 0.15) is 0 Å². The van der Waals surface area contributed by atoms with Gasteiger partial charge in [0.05, 0.1) is 5.76 Å². The monoisotopic (exact) mass is 102 g/mol. The Balaban J connectivity index is 2.82. The summed E-state index contributed by atoms with van der Waals surface area (Å²) in [5, 5.41) is 16.5. The Morgan fingerprint density at radius 3 is 2.29 bits per heavy atom. The van der Waals surface area contributed by atoms with Crippen LogP contribution in [0.3, 0.4) is 0 Å². The van der Waals surface area contributed by atoms with Gasteiger partial charge in [0.15, 0.2) is 0 Å². The summed E-state index contributed by atoms with van der Waals surface area (Å²) in [5.41, 5.74) is 0. The molecule has 7 heavy (non-hydrogen) atoms. The minimum Gasteiger partial charge on any atom is -0.513 e. The van der Waals surface area contributed by atoms with Gasteiger partial charge < -0.3 is 10.2 Å². The first-order chi connectivity index (χ1) is 3.27. The van der Waals surface area contributed by atoms with E-state index >= 15 is 0 Å². The fraction of sp³-hybridized carbons (Fsp3) is 0.600. The molecule has 0 atom stereocenters. The molecule has 2 N–H and O–H groups in total. The van der Waals surface area contributed by atoms with Crippen molar-refractivity contribution >= 4 is 0 Å². The average Bonchev–Trinajstić information content (AvgIpc) is 1.61. The molecule has 2 heteroatoms. The summed E-state index contributed by atoms with van der Waals surface area (Å²) in [6.45, 7) is 3.36. The molecule has 0 aromatic heterocycles.